The van der Waals surface area contributed by atoms with Gasteiger partial charge < -0.3 is 10.2 Å². The number of amides is 2. The van der Waals surface area contributed by atoms with Crippen LogP contribution in [0.2, 0.25) is 0 Å². The largest absolute Gasteiger partial charge is 0.339 e. The summed E-state index contributed by atoms with van der Waals surface area (Å²) in [5, 5.41) is 3.08. The highest BCUT2D eigenvalue weighted by Gasteiger charge is 2.50. The lowest BCUT2D eigenvalue weighted by atomic mass is 9.86. The van der Waals surface area contributed by atoms with E-state index in [1.54, 1.807) is 0 Å². The van der Waals surface area contributed by atoms with Gasteiger partial charge in [0, 0.05) is 18.3 Å². The van der Waals surface area contributed by atoms with E-state index in [0.717, 1.165) is 37.1 Å². The first-order valence-corrected chi connectivity index (χ1v) is 10.0. The first-order valence-electron chi connectivity index (χ1n) is 10.0. The lowest BCUT2D eigenvalue weighted by Crippen LogP contribution is -2.44. The van der Waals surface area contributed by atoms with Crippen LogP contribution >= 0.6 is 0 Å². The standard InChI is InChI=1S/C22H32N2O2/c1-5-15-10-8-9-13-24(15)21(26)17-14-16(17)20(25)23-19-12-7-6-11-18(19)22(2,3)4/h6-7,11-12,15-17H,5,8-10,13-14H2,1-4H3,(H,23,25). The number of para-hydroxylation sites is 1. The summed E-state index contributed by atoms with van der Waals surface area (Å²) in [7, 11) is 0. The summed E-state index contributed by atoms with van der Waals surface area (Å²) >= 11 is 0. The number of hydrogen-bond acceptors (Lipinski definition) is 2. The van der Waals surface area contributed by atoms with Gasteiger partial charge in [-0.1, -0.05) is 45.9 Å². The topological polar surface area (TPSA) is 49.4 Å². The second-order valence-electron chi connectivity index (χ2n) is 8.82. The van der Waals surface area contributed by atoms with Crippen LogP contribution < -0.4 is 5.32 Å². The van der Waals surface area contributed by atoms with E-state index in [4.69, 9.17) is 0 Å². The summed E-state index contributed by atoms with van der Waals surface area (Å²) < 4.78 is 0. The number of nitrogens with one attached hydrogen (secondary N) is 1. The molecule has 3 unspecified atom stereocenters. The number of hydrogen-bond donors (Lipinski definition) is 1. The van der Waals surface area contributed by atoms with Crippen molar-refractivity contribution in [3.63, 3.8) is 0 Å². The molecule has 1 saturated carbocycles. The molecule has 0 bridgehead atoms. The Kier molecular flexibility index (Phi) is 5.40. The number of benzene rings is 1. The van der Waals surface area contributed by atoms with E-state index in [9.17, 15) is 9.59 Å². The third-order valence-electron chi connectivity index (χ3n) is 5.82. The van der Waals surface area contributed by atoms with Crippen molar-refractivity contribution < 1.29 is 9.59 Å². The molecule has 4 nitrogen and oxygen atoms in total. The quantitative estimate of drug-likeness (QED) is 0.872. The van der Waals surface area contributed by atoms with Gasteiger partial charge in [-0.2, -0.15) is 0 Å². The molecule has 1 aliphatic heterocycles. The van der Waals surface area contributed by atoms with Gasteiger partial charge in [0.15, 0.2) is 0 Å². The molecule has 1 N–H and O–H groups in total. The van der Waals surface area contributed by atoms with Crippen molar-refractivity contribution >= 4 is 17.5 Å². The van der Waals surface area contributed by atoms with Gasteiger partial charge in [0.05, 0.1) is 11.8 Å². The van der Waals surface area contributed by atoms with Gasteiger partial charge in [0.25, 0.3) is 0 Å². The van der Waals surface area contributed by atoms with E-state index < -0.39 is 0 Å². The van der Waals surface area contributed by atoms with Gasteiger partial charge in [-0.3, -0.25) is 9.59 Å². The minimum absolute atomic E-state index is 0.00916. The number of anilines is 1. The number of piperidine rings is 1. The Hall–Kier alpha value is -1.84. The van der Waals surface area contributed by atoms with Crippen LogP contribution in [0.15, 0.2) is 24.3 Å². The van der Waals surface area contributed by atoms with E-state index in [1.165, 1.54) is 6.42 Å². The zero-order valence-corrected chi connectivity index (χ0v) is 16.5. The van der Waals surface area contributed by atoms with E-state index in [2.05, 4.69) is 39.1 Å². The first kappa shape index (κ1) is 18.9. The van der Waals surface area contributed by atoms with Crippen molar-refractivity contribution in [3.8, 4) is 0 Å². The van der Waals surface area contributed by atoms with Crippen molar-refractivity contribution in [2.45, 2.75) is 71.3 Å². The van der Waals surface area contributed by atoms with E-state index in [1.807, 2.05) is 23.1 Å². The number of likely N-dealkylation sites (tertiary alicyclic amines) is 1. The van der Waals surface area contributed by atoms with Crippen LogP contribution in [0.3, 0.4) is 0 Å². The lowest BCUT2D eigenvalue weighted by molar-refractivity contribution is -0.137. The number of rotatable bonds is 4. The number of nitrogens with zero attached hydrogens (tertiary/aromatic N) is 1. The summed E-state index contributed by atoms with van der Waals surface area (Å²) in [4.78, 5) is 27.6. The third kappa shape index (κ3) is 3.94. The fourth-order valence-corrected chi connectivity index (χ4v) is 4.16. The molecule has 0 radical (unpaired) electrons. The van der Waals surface area contributed by atoms with E-state index in [-0.39, 0.29) is 29.1 Å². The molecule has 3 rings (SSSR count). The molecule has 2 aliphatic rings. The average molecular weight is 357 g/mol. The maximum atomic E-state index is 12.9. The van der Waals surface area contributed by atoms with Crippen molar-refractivity contribution in [1.29, 1.82) is 0 Å². The van der Waals surface area contributed by atoms with Gasteiger partial charge in [-0.25, -0.2) is 0 Å². The van der Waals surface area contributed by atoms with Gasteiger partial charge >= 0.3 is 0 Å². The molecule has 1 saturated heterocycles. The van der Waals surface area contributed by atoms with Crippen molar-refractivity contribution in [3.05, 3.63) is 29.8 Å². The minimum atomic E-state index is -0.171. The predicted octanol–water partition coefficient (Wildman–Crippen LogP) is 4.35. The van der Waals surface area contributed by atoms with E-state index >= 15 is 0 Å². The maximum Gasteiger partial charge on any atom is 0.228 e. The maximum absolute atomic E-state index is 12.9. The van der Waals surface area contributed by atoms with Crippen LogP contribution in [0, 0.1) is 11.8 Å². The molecule has 26 heavy (non-hydrogen) atoms. The Labute approximate surface area is 157 Å². The molecule has 1 aromatic carbocycles. The molecule has 4 heteroatoms. The number of carbonyl (C=O) groups is 2. The highest BCUT2D eigenvalue weighted by molar-refractivity contribution is 6.00. The molecular formula is C22H32N2O2. The highest BCUT2D eigenvalue weighted by Crippen LogP contribution is 2.42. The van der Waals surface area contributed by atoms with Crippen LogP contribution in [0.1, 0.15) is 65.4 Å². The average Bonchev–Trinajstić information content (AvgIpc) is 3.41. The summed E-state index contributed by atoms with van der Waals surface area (Å²) in [6, 6.07) is 8.32. The summed E-state index contributed by atoms with van der Waals surface area (Å²) in [5.74, 6) is -0.107. The SMILES string of the molecule is CCC1CCCCN1C(=O)C1CC1C(=O)Nc1ccccc1C(C)(C)C. The zero-order chi connectivity index (χ0) is 18.9. The molecule has 0 spiro atoms. The molecule has 1 aromatic rings. The van der Waals surface area contributed by atoms with Gasteiger partial charge in [-0.15, -0.1) is 0 Å². The molecule has 142 valence electrons. The van der Waals surface area contributed by atoms with Crippen molar-refractivity contribution in [2.24, 2.45) is 11.8 Å². The van der Waals surface area contributed by atoms with Crippen LogP contribution in [0.5, 0.6) is 0 Å². The van der Waals surface area contributed by atoms with Crippen LogP contribution in [0.25, 0.3) is 0 Å². The fraction of sp³-hybridized carbons (Fsp3) is 0.636. The van der Waals surface area contributed by atoms with Crippen LogP contribution in [-0.4, -0.2) is 29.3 Å². The molecule has 2 fully saturated rings. The second kappa shape index (κ2) is 7.42. The zero-order valence-electron chi connectivity index (χ0n) is 16.5. The Morgan fingerprint density at radius 3 is 2.58 bits per heavy atom. The normalized spacial score (nSPS) is 25.7. The monoisotopic (exact) mass is 356 g/mol. The number of carbonyl (C=O) groups excluding carboxylic acids is 2. The lowest BCUT2D eigenvalue weighted by Gasteiger charge is -2.35. The van der Waals surface area contributed by atoms with Crippen LogP contribution in [-0.2, 0) is 15.0 Å². The van der Waals surface area contributed by atoms with Crippen molar-refractivity contribution in [1.82, 2.24) is 4.90 Å². The smallest absolute Gasteiger partial charge is 0.228 e. The van der Waals surface area contributed by atoms with Crippen molar-refractivity contribution in [2.75, 3.05) is 11.9 Å². The fourth-order valence-electron chi connectivity index (χ4n) is 4.16. The minimum Gasteiger partial charge on any atom is -0.339 e. The molecule has 1 aliphatic carbocycles. The Morgan fingerprint density at radius 1 is 1.15 bits per heavy atom. The molecular weight excluding hydrogens is 324 g/mol. The summed E-state index contributed by atoms with van der Waals surface area (Å²) in [6.07, 6.45) is 5.10. The second-order valence-corrected chi connectivity index (χ2v) is 8.82. The van der Waals surface area contributed by atoms with E-state index in [0.29, 0.717) is 12.5 Å². The summed E-state index contributed by atoms with van der Waals surface area (Å²) in [6.45, 7) is 9.43. The van der Waals surface area contributed by atoms with Gasteiger partial charge in [-0.05, 0) is 49.1 Å². The Balaban J connectivity index is 1.64. The Bertz CT molecular complexity index is 677. The molecule has 2 amide bonds. The molecule has 1 heterocycles. The highest BCUT2D eigenvalue weighted by atomic mass is 16.2. The Morgan fingerprint density at radius 2 is 1.88 bits per heavy atom. The van der Waals surface area contributed by atoms with Gasteiger partial charge in [0.1, 0.15) is 0 Å². The predicted molar refractivity (Wildman–Crippen MR) is 105 cm³/mol. The van der Waals surface area contributed by atoms with Crippen LogP contribution in [0.4, 0.5) is 5.69 Å². The first-order chi connectivity index (χ1) is 12.3. The molecule has 0 aromatic heterocycles. The molecule has 3 atom stereocenters. The summed E-state index contributed by atoms with van der Waals surface area (Å²) in [5.41, 5.74) is 1.96. The van der Waals surface area contributed by atoms with Gasteiger partial charge in [0.2, 0.25) is 11.8 Å². The third-order valence-corrected chi connectivity index (χ3v) is 5.82.